The molecule has 80 heavy (non-hydrogen) atoms. The summed E-state index contributed by atoms with van der Waals surface area (Å²) >= 11 is 0. The number of anilines is 6. The number of aromatic nitrogens is 3. The van der Waals surface area contributed by atoms with Crippen LogP contribution in [0.4, 0.5) is 34.4 Å². The average Bonchev–Trinajstić information content (AvgIpc) is 4.25. The van der Waals surface area contributed by atoms with E-state index in [4.69, 9.17) is 9.51 Å². The van der Waals surface area contributed by atoms with E-state index in [2.05, 4.69) is 81.2 Å². The monoisotopic (exact) mass is 1120 g/mol. The van der Waals surface area contributed by atoms with Gasteiger partial charge in [0.15, 0.2) is 5.82 Å². The van der Waals surface area contributed by atoms with Crippen molar-refractivity contribution in [1.82, 2.24) is 28.8 Å². The lowest BCUT2D eigenvalue weighted by molar-refractivity contribution is -0.111. The number of fused-ring (bicyclic) bond motifs is 4. The fourth-order valence-corrected chi connectivity index (χ4v) is 15.6. The van der Waals surface area contributed by atoms with Crippen LogP contribution in [-0.2, 0) is 46.9 Å². The van der Waals surface area contributed by atoms with Gasteiger partial charge in [0.05, 0.1) is 35.2 Å². The van der Waals surface area contributed by atoms with E-state index in [9.17, 15) is 38.6 Å². The van der Waals surface area contributed by atoms with Crippen LogP contribution in [-0.4, -0.2) is 149 Å². The van der Waals surface area contributed by atoms with Crippen LogP contribution in [0.1, 0.15) is 131 Å². The Bertz CT molecular complexity index is 3200. The smallest absolute Gasteiger partial charge is 0.391 e. The average molecular weight is 1120 g/mol. The van der Waals surface area contributed by atoms with Crippen LogP contribution in [0.15, 0.2) is 66.1 Å². The van der Waals surface area contributed by atoms with Gasteiger partial charge in [-0.25, -0.2) is 9.55 Å². The van der Waals surface area contributed by atoms with Crippen molar-refractivity contribution in [3.8, 4) is 0 Å². The standard InChI is InChI=1S/C59H80N11O9P/c1-9-52(72)61-45-30-40(60-54-57(75)63(8)35-51(62-54)69-22-11-14-48(53(69)38(4)71)68-27-26-67-49(56(68)74)29-39-31-58(5,6)32-50(39)67)15-16-47(45)66-25-24-64(33-37(66)3)42-19-23-65(36(2)28-42)46-13-10-12-43-44(46)34-70(55(43)73)41-17-20-59(7,21-18-41)79-80(76,77)78/h9-10,12-13,15-16,29-30,35-38,41-42,48,53,71H,1,11,14,17-28,31-34H2,2-8H3,(H,60,62)(H,61,72)(H2,76,77,78)/t36-,37+,38?,41?,42?,48+,53-,59?/m1/s1. The molecule has 2 aromatic carbocycles. The molecule has 3 saturated heterocycles. The lowest BCUT2D eigenvalue weighted by Crippen LogP contribution is -2.62. The second-order valence-corrected chi connectivity index (χ2v) is 26.1. The Labute approximate surface area is 469 Å². The molecule has 5 aliphatic heterocycles. The number of piperazine rings is 1. The molecule has 6 atom stereocenters. The van der Waals surface area contributed by atoms with Gasteiger partial charge in [-0.1, -0.05) is 26.5 Å². The highest BCUT2D eigenvalue weighted by Gasteiger charge is 2.46. The fraction of sp³-hybridized carbons (Fsp3) is 0.576. The van der Waals surface area contributed by atoms with E-state index in [0.717, 1.165) is 92.9 Å². The largest absolute Gasteiger partial charge is 0.470 e. The Morgan fingerprint density at radius 3 is 2.33 bits per heavy atom. The number of hydrogen-bond donors (Lipinski definition) is 5. The summed E-state index contributed by atoms with van der Waals surface area (Å²) in [5, 5.41) is 17.8. The predicted molar refractivity (Wildman–Crippen MR) is 309 cm³/mol. The number of carbonyl (C=O) groups excluding carboxylic acids is 3. The predicted octanol–water partition coefficient (Wildman–Crippen LogP) is 6.78. The zero-order chi connectivity index (χ0) is 56.7. The summed E-state index contributed by atoms with van der Waals surface area (Å²) in [6, 6.07) is 13.7. The molecule has 4 fully saturated rings. The lowest BCUT2D eigenvalue weighted by atomic mass is 9.83. The fourth-order valence-electron chi connectivity index (χ4n) is 14.8. The normalized spacial score (nSPS) is 27.4. The van der Waals surface area contributed by atoms with Crippen LogP contribution in [0.5, 0.6) is 0 Å². The van der Waals surface area contributed by atoms with Gasteiger partial charge in [0.1, 0.15) is 11.5 Å². The van der Waals surface area contributed by atoms with Crippen molar-refractivity contribution in [3.63, 3.8) is 0 Å². The zero-order valence-electron chi connectivity index (χ0n) is 47.4. The van der Waals surface area contributed by atoms with Gasteiger partial charge < -0.3 is 59.2 Å². The highest BCUT2D eigenvalue weighted by atomic mass is 31.2. The number of aliphatic hydroxyl groups is 1. The minimum atomic E-state index is -4.63. The number of amides is 3. The van der Waals surface area contributed by atoms with E-state index >= 15 is 0 Å². The first kappa shape index (κ1) is 55.9. The molecule has 5 N–H and O–H groups in total. The minimum absolute atomic E-state index is 0.00612. The molecular weight excluding hydrogens is 1040 g/mol. The van der Waals surface area contributed by atoms with E-state index < -0.39 is 25.6 Å². The Kier molecular flexibility index (Phi) is 14.9. The minimum Gasteiger partial charge on any atom is -0.391 e. The van der Waals surface area contributed by atoms with Crippen molar-refractivity contribution in [2.75, 3.05) is 64.6 Å². The van der Waals surface area contributed by atoms with Crippen molar-refractivity contribution in [3.05, 3.63) is 99.7 Å². The summed E-state index contributed by atoms with van der Waals surface area (Å²) in [6.45, 7) is 21.8. The molecule has 11 rings (SSSR count). The van der Waals surface area contributed by atoms with Gasteiger partial charge in [-0.3, -0.25) is 28.6 Å². The number of aliphatic hydroxyl groups excluding tert-OH is 1. The Hall–Kier alpha value is -6.02. The van der Waals surface area contributed by atoms with Gasteiger partial charge in [-0.15, -0.1) is 0 Å². The molecule has 1 saturated carbocycles. The van der Waals surface area contributed by atoms with Gasteiger partial charge in [-0.05, 0) is 145 Å². The van der Waals surface area contributed by atoms with Gasteiger partial charge in [0, 0.05) is 118 Å². The number of benzene rings is 2. The Balaban J connectivity index is 0.751. The number of aryl methyl sites for hydroxylation is 1. The zero-order valence-corrected chi connectivity index (χ0v) is 48.3. The van der Waals surface area contributed by atoms with Crippen LogP contribution in [0.2, 0.25) is 0 Å². The van der Waals surface area contributed by atoms with E-state index in [1.54, 1.807) is 27.1 Å². The topological polar surface area (TPSA) is 222 Å². The molecule has 20 nitrogen and oxygen atoms in total. The number of piperidine rings is 2. The molecule has 2 aliphatic carbocycles. The quantitative estimate of drug-likeness (QED) is 0.0688. The van der Waals surface area contributed by atoms with E-state index in [1.165, 1.54) is 21.9 Å². The number of phosphoric ester groups is 1. The second-order valence-electron chi connectivity index (χ2n) is 25.0. The third-order valence-corrected chi connectivity index (χ3v) is 19.3. The van der Waals surface area contributed by atoms with Crippen molar-refractivity contribution in [2.24, 2.45) is 12.5 Å². The molecule has 7 heterocycles. The van der Waals surface area contributed by atoms with Crippen molar-refractivity contribution >= 4 is 59.9 Å². The van der Waals surface area contributed by atoms with Crippen LogP contribution in [0.3, 0.4) is 0 Å². The molecule has 2 aromatic heterocycles. The molecule has 0 spiro atoms. The van der Waals surface area contributed by atoms with Crippen molar-refractivity contribution in [2.45, 2.75) is 167 Å². The summed E-state index contributed by atoms with van der Waals surface area (Å²) in [5.74, 6) is 0.243. The maximum atomic E-state index is 14.3. The first-order chi connectivity index (χ1) is 38.0. The van der Waals surface area contributed by atoms with Crippen molar-refractivity contribution < 1.29 is 38.4 Å². The Morgan fingerprint density at radius 2 is 1.61 bits per heavy atom. The molecule has 2 unspecified atom stereocenters. The summed E-state index contributed by atoms with van der Waals surface area (Å²) in [6.07, 6.45) is 9.58. The number of carbonyl (C=O) groups is 3. The summed E-state index contributed by atoms with van der Waals surface area (Å²) in [5.41, 5.74) is 7.01. The molecule has 3 amide bonds. The summed E-state index contributed by atoms with van der Waals surface area (Å²) < 4.78 is 20.5. The highest BCUT2D eigenvalue weighted by Crippen LogP contribution is 2.48. The van der Waals surface area contributed by atoms with E-state index in [-0.39, 0.29) is 58.7 Å². The summed E-state index contributed by atoms with van der Waals surface area (Å²) in [4.78, 5) is 92.4. The highest BCUT2D eigenvalue weighted by molar-refractivity contribution is 7.46. The molecule has 4 aromatic rings. The SMILES string of the molecule is C=CC(=O)Nc1cc(Nc2nc(N3CCC[C@H](N4CCn5c(cc6c5CC(C)(C)C6)C4=O)[C@H]3C(C)O)cn(C)c2=O)ccc1N1CCN(C2CCN(c3cccc4c3CN(C3CCC(C)(OP(=O)(O)O)CC3)C4=O)[C@H](C)C2)C[C@@H]1C. The first-order valence-corrected chi connectivity index (χ1v) is 30.4. The summed E-state index contributed by atoms with van der Waals surface area (Å²) in [7, 11) is -2.95. The van der Waals surface area contributed by atoms with Crippen LogP contribution in [0, 0.1) is 5.41 Å². The first-order valence-electron chi connectivity index (χ1n) is 28.8. The number of hydrogen-bond acceptors (Lipinski definition) is 13. The number of nitrogens with zero attached hydrogens (tertiary/aromatic N) is 9. The maximum Gasteiger partial charge on any atom is 0.470 e. The Morgan fingerprint density at radius 1 is 0.863 bits per heavy atom. The van der Waals surface area contributed by atoms with Crippen LogP contribution < -0.4 is 30.9 Å². The lowest BCUT2D eigenvalue weighted by Gasteiger charge is -2.49. The van der Waals surface area contributed by atoms with E-state index in [0.29, 0.717) is 75.1 Å². The maximum absolute atomic E-state index is 14.3. The van der Waals surface area contributed by atoms with Crippen LogP contribution in [0.25, 0.3) is 0 Å². The number of nitrogens with one attached hydrogen (secondary N) is 2. The van der Waals surface area contributed by atoms with Gasteiger partial charge in [-0.2, -0.15) is 0 Å². The molecule has 21 heteroatoms. The molecule has 7 aliphatic rings. The second kappa shape index (κ2) is 21.4. The third-order valence-electron chi connectivity index (χ3n) is 18.7. The molecule has 0 bridgehead atoms. The van der Waals surface area contributed by atoms with E-state index in [1.807, 2.05) is 40.1 Å². The molecule has 430 valence electrons. The van der Waals surface area contributed by atoms with Gasteiger partial charge >= 0.3 is 7.82 Å². The number of phosphoric acid groups is 1. The van der Waals surface area contributed by atoms with Crippen LogP contribution >= 0.6 is 7.82 Å². The molecular formula is C59H80N11O9P. The van der Waals surface area contributed by atoms with Crippen molar-refractivity contribution in [1.29, 1.82) is 0 Å². The number of rotatable bonds is 13. The van der Waals surface area contributed by atoms with Gasteiger partial charge in [0.2, 0.25) is 5.91 Å². The third kappa shape index (κ3) is 10.7. The van der Waals surface area contributed by atoms with Gasteiger partial charge in [0.25, 0.3) is 17.4 Å². The molecule has 0 radical (unpaired) electrons.